The molecule has 3 aromatic carbocycles. The minimum atomic E-state index is -3.65. The van der Waals surface area contributed by atoms with Gasteiger partial charge in [-0.3, -0.25) is 4.79 Å². The van der Waals surface area contributed by atoms with Crippen LogP contribution in [0, 0.1) is 0 Å². The number of rotatable bonds is 7. The molecular formula is C23H22N2O5S. The molecule has 2 N–H and O–H groups in total. The van der Waals surface area contributed by atoms with E-state index in [0.717, 1.165) is 5.56 Å². The zero-order valence-corrected chi connectivity index (χ0v) is 17.5. The van der Waals surface area contributed by atoms with Gasteiger partial charge in [-0.1, -0.05) is 30.3 Å². The highest BCUT2D eigenvalue weighted by Gasteiger charge is 2.16. The molecule has 0 aliphatic carbocycles. The van der Waals surface area contributed by atoms with E-state index in [4.69, 9.17) is 9.47 Å². The lowest BCUT2D eigenvalue weighted by Crippen LogP contribution is -2.26. The zero-order chi connectivity index (χ0) is 21.7. The average molecular weight is 439 g/mol. The number of anilines is 1. The lowest BCUT2D eigenvalue weighted by Gasteiger charge is -2.19. The Hall–Kier alpha value is -3.36. The maximum Gasteiger partial charge on any atom is 0.255 e. The molecule has 1 aliphatic rings. The van der Waals surface area contributed by atoms with E-state index in [-0.39, 0.29) is 10.8 Å². The summed E-state index contributed by atoms with van der Waals surface area (Å²) in [5.74, 6) is 0.864. The van der Waals surface area contributed by atoms with Gasteiger partial charge in [0.25, 0.3) is 5.91 Å². The molecule has 31 heavy (non-hydrogen) atoms. The van der Waals surface area contributed by atoms with Gasteiger partial charge in [0, 0.05) is 23.9 Å². The second kappa shape index (κ2) is 9.20. The Bertz CT molecular complexity index is 1160. The largest absolute Gasteiger partial charge is 0.486 e. The summed E-state index contributed by atoms with van der Waals surface area (Å²) >= 11 is 0. The molecule has 0 fully saturated rings. The average Bonchev–Trinajstić information content (AvgIpc) is 2.80. The summed E-state index contributed by atoms with van der Waals surface area (Å²) in [6.45, 7) is 1.24. The number of ether oxygens (including phenoxy) is 2. The van der Waals surface area contributed by atoms with Crippen molar-refractivity contribution in [2.75, 3.05) is 25.1 Å². The molecular weight excluding hydrogens is 416 g/mol. The summed E-state index contributed by atoms with van der Waals surface area (Å²) in [6.07, 6.45) is 0.593. The Morgan fingerprint density at radius 3 is 2.32 bits per heavy atom. The van der Waals surface area contributed by atoms with Crippen molar-refractivity contribution in [2.24, 2.45) is 0 Å². The number of hydrogen-bond donors (Lipinski definition) is 2. The first-order chi connectivity index (χ1) is 15.0. The molecule has 1 amide bonds. The summed E-state index contributed by atoms with van der Waals surface area (Å²) in [7, 11) is -3.65. The van der Waals surface area contributed by atoms with Gasteiger partial charge >= 0.3 is 0 Å². The monoisotopic (exact) mass is 438 g/mol. The Kier molecular flexibility index (Phi) is 6.20. The number of sulfonamides is 1. The first-order valence-corrected chi connectivity index (χ1v) is 11.3. The van der Waals surface area contributed by atoms with Gasteiger partial charge in [-0.05, 0) is 48.4 Å². The van der Waals surface area contributed by atoms with Crippen LogP contribution < -0.4 is 19.5 Å². The van der Waals surface area contributed by atoms with Crippen LogP contribution in [0.2, 0.25) is 0 Å². The number of benzene rings is 3. The van der Waals surface area contributed by atoms with Gasteiger partial charge in [0.1, 0.15) is 13.2 Å². The Morgan fingerprint density at radius 2 is 1.58 bits per heavy atom. The van der Waals surface area contributed by atoms with E-state index >= 15 is 0 Å². The molecule has 0 aromatic heterocycles. The third-order valence-corrected chi connectivity index (χ3v) is 6.25. The molecule has 0 unspecified atom stereocenters. The molecule has 0 bridgehead atoms. The summed E-state index contributed by atoms with van der Waals surface area (Å²) in [4.78, 5) is 12.6. The van der Waals surface area contributed by atoms with Crippen LogP contribution in [-0.4, -0.2) is 34.1 Å². The number of nitrogens with one attached hydrogen (secondary N) is 2. The minimum absolute atomic E-state index is 0.108. The van der Waals surface area contributed by atoms with E-state index < -0.39 is 10.0 Å². The maximum absolute atomic E-state index is 12.5. The predicted octanol–water partition coefficient (Wildman–Crippen LogP) is 3.23. The molecule has 3 aromatic rings. The van der Waals surface area contributed by atoms with Crippen molar-refractivity contribution in [3.05, 3.63) is 83.9 Å². The normalized spacial score (nSPS) is 12.9. The molecule has 0 saturated heterocycles. The van der Waals surface area contributed by atoms with Crippen molar-refractivity contribution in [1.82, 2.24) is 4.72 Å². The van der Waals surface area contributed by atoms with Gasteiger partial charge in [-0.25, -0.2) is 13.1 Å². The van der Waals surface area contributed by atoms with Crippen LogP contribution in [0.1, 0.15) is 15.9 Å². The van der Waals surface area contributed by atoms with E-state index in [2.05, 4.69) is 10.0 Å². The molecule has 0 radical (unpaired) electrons. The molecule has 160 valence electrons. The predicted molar refractivity (Wildman–Crippen MR) is 117 cm³/mol. The van der Waals surface area contributed by atoms with E-state index in [1.807, 2.05) is 30.3 Å². The highest BCUT2D eigenvalue weighted by atomic mass is 32.2. The minimum Gasteiger partial charge on any atom is -0.486 e. The van der Waals surface area contributed by atoms with Crippen LogP contribution in [0.25, 0.3) is 0 Å². The SMILES string of the molecule is O=C(Nc1ccc2c(c1)OCCO2)c1ccc(S(=O)(=O)NCCc2ccccc2)cc1. The van der Waals surface area contributed by atoms with Crippen molar-refractivity contribution in [3.63, 3.8) is 0 Å². The van der Waals surface area contributed by atoms with E-state index in [1.165, 1.54) is 24.3 Å². The number of fused-ring (bicyclic) bond motifs is 1. The quantitative estimate of drug-likeness (QED) is 0.591. The lowest BCUT2D eigenvalue weighted by molar-refractivity contribution is 0.102. The van der Waals surface area contributed by atoms with Crippen molar-refractivity contribution in [1.29, 1.82) is 0 Å². The van der Waals surface area contributed by atoms with Gasteiger partial charge in [0.05, 0.1) is 4.90 Å². The van der Waals surface area contributed by atoms with Gasteiger partial charge in [0.15, 0.2) is 11.5 Å². The molecule has 0 atom stereocenters. The summed E-state index contributed by atoms with van der Waals surface area (Å²) in [6, 6.07) is 20.6. The number of carbonyl (C=O) groups excluding carboxylic acids is 1. The van der Waals surface area contributed by atoms with Gasteiger partial charge in [0.2, 0.25) is 10.0 Å². The third-order valence-electron chi connectivity index (χ3n) is 4.78. The summed E-state index contributed by atoms with van der Waals surface area (Å²) in [5, 5.41) is 2.78. The Labute approximate surface area is 181 Å². The van der Waals surface area contributed by atoms with E-state index in [0.29, 0.717) is 48.9 Å². The van der Waals surface area contributed by atoms with Gasteiger partial charge < -0.3 is 14.8 Å². The fourth-order valence-electron chi connectivity index (χ4n) is 3.17. The molecule has 7 nitrogen and oxygen atoms in total. The molecule has 1 aliphatic heterocycles. The number of carbonyl (C=O) groups is 1. The van der Waals surface area contributed by atoms with Gasteiger partial charge in [-0.15, -0.1) is 0 Å². The highest BCUT2D eigenvalue weighted by Crippen LogP contribution is 2.32. The van der Waals surface area contributed by atoms with Crippen LogP contribution in [0.15, 0.2) is 77.7 Å². The number of hydrogen-bond acceptors (Lipinski definition) is 5. The van der Waals surface area contributed by atoms with Crippen LogP contribution in [-0.2, 0) is 16.4 Å². The van der Waals surface area contributed by atoms with E-state index in [9.17, 15) is 13.2 Å². The second-order valence-electron chi connectivity index (χ2n) is 6.97. The van der Waals surface area contributed by atoms with Crippen molar-refractivity contribution in [2.45, 2.75) is 11.3 Å². The molecule has 1 heterocycles. The second-order valence-corrected chi connectivity index (χ2v) is 8.74. The number of amides is 1. The molecule has 8 heteroatoms. The van der Waals surface area contributed by atoms with Crippen molar-refractivity contribution >= 4 is 21.6 Å². The smallest absolute Gasteiger partial charge is 0.255 e. The Balaban J connectivity index is 1.37. The van der Waals surface area contributed by atoms with Crippen LogP contribution in [0.3, 0.4) is 0 Å². The third kappa shape index (κ3) is 5.22. The first-order valence-electron chi connectivity index (χ1n) is 9.86. The molecule has 0 saturated carbocycles. The van der Waals surface area contributed by atoms with Crippen molar-refractivity contribution in [3.8, 4) is 11.5 Å². The molecule has 4 rings (SSSR count). The van der Waals surface area contributed by atoms with Crippen LogP contribution in [0.5, 0.6) is 11.5 Å². The fraction of sp³-hybridized carbons (Fsp3) is 0.174. The molecule has 0 spiro atoms. The topological polar surface area (TPSA) is 93.7 Å². The van der Waals surface area contributed by atoms with Crippen molar-refractivity contribution < 1.29 is 22.7 Å². The van der Waals surface area contributed by atoms with E-state index in [1.54, 1.807) is 18.2 Å². The fourth-order valence-corrected chi connectivity index (χ4v) is 4.20. The first kappa shape index (κ1) is 20.9. The lowest BCUT2D eigenvalue weighted by atomic mass is 10.2. The highest BCUT2D eigenvalue weighted by molar-refractivity contribution is 7.89. The van der Waals surface area contributed by atoms with Crippen LogP contribution >= 0.6 is 0 Å². The summed E-state index contributed by atoms with van der Waals surface area (Å²) in [5.41, 5.74) is 1.96. The standard InChI is InChI=1S/C23H22N2O5S/c26-23(25-19-8-11-21-22(16-19)30-15-14-29-21)18-6-9-20(10-7-18)31(27,28)24-13-12-17-4-2-1-3-5-17/h1-11,16,24H,12-15H2,(H,25,26). The van der Waals surface area contributed by atoms with Crippen LogP contribution in [0.4, 0.5) is 5.69 Å². The van der Waals surface area contributed by atoms with Gasteiger partial charge in [-0.2, -0.15) is 0 Å². The summed E-state index contributed by atoms with van der Waals surface area (Å²) < 4.78 is 38.6. The maximum atomic E-state index is 12.5. The zero-order valence-electron chi connectivity index (χ0n) is 16.7. The Morgan fingerprint density at radius 1 is 0.871 bits per heavy atom.